The number of hydrogen-bond acceptors (Lipinski definition) is 6. The van der Waals surface area contributed by atoms with E-state index in [1.54, 1.807) is 48.1 Å². The molecule has 5 rings (SSSR count). The minimum absolute atomic E-state index is 0.244. The summed E-state index contributed by atoms with van der Waals surface area (Å²) in [5, 5.41) is 7.41. The van der Waals surface area contributed by atoms with Crippen LogP contribution in [-0.2, 0) is 13.0 Å². The zero-order valence-electron chi connectivity index (χ0n) is 21.9. The van der Waals surface area contributed by atoms with E-state index in [0.29, 0.717) is 17.9 Å². The van der Waals surface area contributed by atoms with Crippen LogP contribution in [0.15, 0.2) is 79.3 Å². The first-order chi connectivity index (χ1) is 19.0. The number of nitrogens with one attached hydrogen (secondary N) is 2. The van der Waals surface area contributed by atoms with Gasteiger partial charge >= 0.3 is 0 Å². The van der Waals surface area contributed by atoms with Crippen molar-refractivity contribution in [2.24, 2.45) is 0 Å². The predicted molar refractivity (Wildman–Crippen MR) is 155 cm³/mol. The Kier molecular flexibility index (Phi) is 8.22. The highest BCUT2D eigenvalue weighted by atomic mass is 32.1. The Labute approximate surface area is 231 Å². The van der Waals surface area contributed by atoms with Crippen LogP contribution in [0.2, 0.25) is 0 Å². The van der Waals surface area contributed by atoms with Crippen LogP contribution in [0.4, 0.5) is 10.2 Å². The van der Waals surface area contributed by atoms with Crippen LogP contribution in [0.1, 0.15) is 59.2 Å². The number of amides is 1. The molecular formula is C31H30FN5OS. The first-order valence-corrected chi connectivity index (χ1v) is 13.9. The van der Waals surface area contributed by atoms with Gasteiger partial charge in [0, 0.05) is 21.3 Å². The highest BCUT2D eigenvalue weighted by molar-refractivity contribution is 7.15. The molecule has 5 aromatic rings. The Hall–Kier alpha value is -4.17. The van der Waals surface area contributed by atoms with Gasteiger partial charge in [-0.3, -0.25) is 4.79 Å². The number of hydrogen-bond donors (Lipinski definition) is 2. The Bertz CT molecular complexity index is 1580. The second-order valence-corrected chi connectivity index (χ2v) is 10.6. The van der Waals surface area contributed by atoms with Crippen molar-refractivity contribution in [2.45, 2.75) is 45.7 Å². The van der Waals surface area contributed by atoms with E-state index < -0.39 is 0 Å². The Balaban J connectivity index is 1.28. The fraction of sp³-hybridized carbons (Fsp3) is 0.226. The van der Waals surface area contributed by atoms with Crippen molar-refractivity contribution in [3.63, 3.8) is 0 Å². The first kappa shape index (κ1) is 26.4. The predicted octanol–water partition coefficient (Wildman–Crippen LogP) is 7.34. The van der Waals surface area contributed by atoms with Crippen molar-refractivity contribution in [1.29, 1.82) is 0 Å². The molecule has 1 atom stereocenters. The SMILES string of the molecule is CCCCc1ncnc2ccc(-c3ccc(CNc4ncccc4C(=O)NC(C)c4ccc(F)cc4)s3)cc12. The Morgan fingerprint density at radius 1 is 1.03 bits per heavy atom. The van der Waals surface area contributed by atoms with E-state index in [-0.39, 0.29) is 17.8 Å². The first-order valence-electron chi connectivity index (χ1n) is 13.1. The van der Waals surface area contributed by atoms with E-state index in [9.17, 15) is 9.18 Å². The zero-order chi connectivity index (χ0) is 27.2. The van der Waals surface area contributed by atoms with E-state index in [0.717, 1.165) is 56.7 Å². The molecule has 0 bridgehead atoms. The highest BCUT2D eigenvalue weighted by Crippen LogP contribution is 2.31. The molecule has 0 radical (unpaired) electrons. The number of carbonyl (C=O) groups excluding carboxylic acids is 1. The topological polar surface area (TPSA) is 79.8 Å². The van der Waals surface area contributed by atoms with Crippen LogP contribution in [0.25, 0.3) is 21.3 Å². The third kappa shape index (κ3) is 6.29. The number of anilines is 1. The molecule has 0 fully saturated rings. The number of thiophene rings is 1. The molecule has 0 aliphatic heterocycles. The van der Waals surface area contributed by atoms with Crippen LogP contribution in [0, 0.1) is 5.82 Å². The number of carbonyl (C=O) groups is 1. The number of nitrogens with zero attached hydrogens (tertiary/aromatic N) is 3. The molecule has 8 heteroatoms. The molecule has 6 nitrogen and oxygen atoms in total. The van der Waals surface area contributed by atoms with Crippen molar-refractivity contribution in [3.05, 3.63) is 107 Å². The maximum absolute atomic E-state index is 13.3. The smallest absolute Gasteiger partial charge is 0.255 e. The van der Waals surface area contributed by atoms with Gasteiger partial charge in [0.15, 0.2) is 0 Å². The summed E-state index contributed by atoms with van der Waals surface area (Å²) in [6, 6.07) is 19.9. The number of aromatic nitrogens is 3. The third-order valence-electron chi connectivity index (χ3n) is 6.63. The van der Waals surface area contributed by atoms with Gasteiger partial charge in [0.25, 0.3) is 5.91 Å². The standard InChI is InChI=1S/C31H30FN5OS/c1-3-4-7-27-26-17-22(10-14-28(26)36-19-35-27)29-15-13-24(39-29)18-34-30-25(6-5-16-33-30)31(38)37-20(2)21-8-11-23(32)12-9-21/h5-6,8-17,19-20H,3-4,7,18H2,1-2H3,(H,33,34)(H,37,38). The fourth-order valence-electron chi connectivity index (χ4n) is 4.44. The molecule has 0 saturated heterocycles. The van der Waals surface area contributed by atoms with Crippen LogP contribution >= 0.6 is 11.3 Å². The van der Waals surface area contributed by atoms with Crippen LogP contribution in [0.5, 0.6) is 0 Å². The normalized spacial score (nSPS) is 11.9. The third-order valence-corrected chi connectivity index (χ3v) is 7.77. The van der Waals surface area contributed by atoms with E-state index in [2.05, 4.69) is 62.8 Å². The van der Waals surface area contributed by atoms with Crippen LogP contribution in [0.3, 0.4) is 0 Å². The number of pyridine rings is 1. The minimum atomic E-state index is -0.306. The van der Waals surface area contributed by atoms with Gasteiger partial charge in [-0.25, -0.2) is 19.3 Å². The van der Waals surface area contributed by atoms with Gasteiger partial charge in [0.1, 0.15) is 18.0 Å². The molecule has 198 valence electrons. The van der Waals surface area contributed by atoms with Gasteiger partial charge in [0.05, 0.1) is 29.4 Å². The molecule has 1 amide bonds. The summed E-state index contributed by atoms with van der Waals surface area (Å²) in [4.78, 5) is 28.7. The highest BCUT2D eigenvalue weighted by Gasteiger charge is 2.16. The summed E-state index contributed by atoms with van der Waals surface area (Å²) in [5.74, 6) is -0.0367. The van der Waals surface area contributed by atoms with E-state index in [1.165, 1.54) is 12.1 Å². The van der Waals surface area contributed by atoms with Gasteiger partial charge in [-0.05, 0) is 79.4 Å². The number of halogens is 1. The number of rotatable bonds is 10. The zero-order valence-corrected chi connectivity index (χ0v) is 22.8. The average molecular weight is 540 g/mol. The van der Waals surface area contributed by atoms with Crippen molar-refractivity contribution in [2.75, 3.05) is 5.32 Å². The molecule has 0 aliphatic carbocycles. The molecule has 0 saturated carbocycles. The van der Waals surface area contributed by atoms with Crippen molar-refractivity contribution in [3.8, 4) is 10.4 Å². The summed E-state index contributed by atoms with van der Waals surface area (Å²) in [6.45, 7) is 4.59. The lowest BCUT2D eigenvalue weighted by atomic mass is 10.1. The molecule has 3 aromatic heterocycles. The largest absolute Gasteiger partial charge is 0.365 e. The summed E-state index contributed by atoms with van der Waals surface area (Å²) in [5.41, 5.74) is 4.48. The van der Waals surface area contributed by atoms with Gasteiger partial charge in [0.2, 0.25) is 0 Å². The lowest BCUT2D eigenvalue weighted by Crippen LogP contribution is -2.27. The molecule has 2 aromatic carbocycles. The maximum atomic E-state index is 13.3. The van der Waals surface area contributed by atoms with Gasteiger partial charge in [-0.2, -0.15) is 0 Å². The molecule has 39 heavy (non-hydrogen) atoms. The minimum Gasteiger partial charge on any atom is -0.365 e. The summed E-state index contributed by atoms with van der Waals surface area (Å²) < 4.78 is 13.3. The summed E-state index contributed by atoms with van der Waals surface area (Å²) in [6.07, 6.45) is 6.48. The monoisotopic (exact) mass is 539 g/mol. The van der Waals surface area contributed by atoms with Gasteiger partial charge in [-0.15, -0.1) is 11.3 Å². The van der Waals surface area contributed by atoms with Crippen LogP contribution in [-0.4, -0.2) is 20.9 Å². The number of aryl methyl sites for hydroxylation is 1. The molecule has 2 N–H and O–H groups in total. The number of benzene rings is 2. The molecule has 0 aliphatic rings. The Morgan fingerprint density at radius 3 is 2.69 bits per heavy atom. The maximum Gasteiger partial charge on any atom is 0.255 e. The average Bonchev–Trinajstić information content (AvgIpc) is 3.44. The van der Waals surface area contributed by atoms with Gasteiger partial charge < -0.3 is 10.6 Å². The second-order valence-electron chi connectivity index (χ2n) is 9.42. The van der Waals surface area contributed by atoms with Crippen molar-refractivity contribution in [1.82, 2.24) is 20.3 Å². The molecular weight excluding hydrogens is 509 g/mol. The summed E-state index contributed by atoms with van der Waals surface area (Å²) in [7, 11) is 0. The lowest BCUT2D eigenvalue weighted by molar-refractivity contribution is 0.0940. The van der Waals surface area contributed by atoms with E-state index in [4.69, 9.17) is 0 Å². The van der Waals surface area contributed by atoms with Crippen molar-refractivity contribution >= 4 is 34.0 Å². The van der Waals surface area contributed by atoms with E-state index >= 15 is 0 Å². The number of unbranched alkanes of at least 4 members (excludes halogenated alkanes) is 1. The number of fused-ring (bicyclic) bond motifs is 1. The molecule has 0 spiro atoms. The van der Waals surface area contributed by atoms with Crippen molar-refractivity contribution < 1.29 is 9.18 Å². The quantitative estimate of drug-likeness (QED) is 0.194. The summed E-state index contributed by atoms with van der Waals surface area (Å²) >= 11 is 1.70. The molecule has 1 unspecified atom stereocenters. The van der Waals surface area contributed by atoms with Crippen LogP contribution < -0.4 is 10.6 Å². The lowest BCUT2D eigenvalue weighted by Gasteiger charge is -2.16. The molecule has 3 heterocycles. The van der Waals surface area contributed by atoms with E-state index in [1.807, 2.05) is 6.92 Å². The Morgan fingerprint density at radius 2 is 1.87 bits per heavy atom. The van der Waals surface area contributed by atoms with Gasteiger partial charge in [-0.1, -0.05) is 31.5 Å². The second kappa shape index (κ2) is 12.1. The fourth-order valence-corrected chi connectivity index (χ4v) is 5.39.